The Morgan fingerprint density at radius 3 is 2.40 bits per heavy atom. The smallest absolute Gasteiger partial charge is 0.251 e. The van der Waals surface area contributed by atoms with Crippen LogP contribution in [0.15, 0.2) is 60.7 Å². The Morgan fingerprint density at radius 1 is 1.04 bits per heavy atom. The van der Waals surface area contributed by atoms with E-state index in [2.05, 4.69) is 34.5 Å². The zero-order valence-electron chi connectivity index (χ0n) is 14.5. The third-order valence-electron chi connectivity index (χ3n) is 4.89. The van der Waals surface area contributed by atoms with Crippen LogP contribution in [-0.4, -0.2) is 48.2 Å². The Hall–Kier alpha value is -2.17. The first-order valence-corrected chi connectivity index (χ1v) is 8.99. The van der Waals surface area contributed by atoms with Crippen LogP contribution in [0.25, 0.3) is 0 Å². The predicted octanol–water partition coefficient (Wildman–Crippen LogP) is 2.34. The largest absolute Gasteiger partial charge is 0.396 e. The minimum atomic E-state index is -0.0600. The van der Waals surface area contributed by atoms with Crippen LogP contribution in [0.1, 0.15) is 22.3 Å². The molecule has 0 bridgehead atoms. The molecule has 132 valence electrons. The van der Waals surface area contributed by atoms with Gasteiger partial charge in [-0.25, -0.2) is 0 Å². The molecule has 2 unspecified atom stereocenters. The molecule has 1 aliphatic rings. The maximum absolute atomic E-state index is 12.4. The summed E-state index contributed by atoms with van der Waals surface area (Å²) < 4.78 is 0. The second kappa shape index (κ2) is 8.79. The fourth-order valence-corrected chi connectivity index (χ4v) is 3.48. The first-order chi connectivity index (χ1) is 12.3. The molecule has 0 radical (unpaired) electrons. The van der Waals surface area contributed by atoms with Gasteiger partial charge in [0.25, 0.3) is 5.91 Å². The Morgan fingerprint density at radius 2 is 1.72 bits per heavy atom. The summed E-state index contributed by atoms with van der Waals surface area (Å²) in [4.78, 5) is 14.7. The van der Waals surface area contributed by atoms with E-state index in [4.69, 9.17) is 0 Å². The molecule has 0 aromatic heterocycles. The van der Waals surface area contributed by atoms with Crippen molar-refractivity contribution in [3.8, 4) is 0 Å². The van der Waals surface area contributed by atoms with E-state index < -0.39 is 0 Å². The van der Waals surface area contributed by atoms with E-state index in [-0.39, 0.29) is 24.5 Å². The van der Waals surface area contributed by atoms with Crippen molar-refractivity contribution in [2.45, 2.75) is 18.9 Å². The quantitative estimate of drug-likeness (QED) is 0.815. The number of carbonyl (C=O) groups excluding carboxylic acids is 1. The third-order valence-corrected chi connectivity index (χ3v) is 4.89. The fourth-order valence-electron chi connectivity index (χ4n) is 3.48. The highest BCUT2D eigenvalue weighted by Crippen LogP contribution is 2.18. The molecule has 25 heavy (non-hydrogen) atoms. The van der Waals surface area contributed by atoms with Crippen LogP contribution in [-0.2, 0) is 6.42 Å². The average molecular weight is 338 g/mol. The molecule has 1 amide bonds. The van der Waals surface area contributed by atoms with Gasteiger partial charge in [-0.05, 0) is 37.1 Å². The molecule has 0 aliphatic carbocycles. The van der Waals surface area contributed by atoms with Crippen molar-refractivity contribution >= 4 is 5.91 Å². The van der Waals surface area contributed by atoms with Gasteiger partial charge >= 0.3 is 0 Å². The summed E-state index contributed by atoms with van der Waals surface area (Å²) in [6.07, 6.45) is 2.14. The van der Waals surface area contributed by atoms with Gasteiger partial charge in [0.1, 0.15) is 0 Å². The standard InChI is InChI=1S/C21H26N2O2/c24-16-19-14-23(13-7-10-17-8-3-1-4-9-17)15-20(19)22-21(25)18-11-5-2-6-12-18/h1-6,8-9,11-12,19-20,24H,7,10,13-16H2,(H,22,25). The summed E-state index contributed by atoms with van der Waals surface area (Å²) in [5.41, 5.74) is 2.02. The van der Waals surface area contributed by atoms with Crippen LogP contribution >= 0.6 is 0 Å². The Bertz CT molecular complexity index is 660. The van der Waals surface area contributed by atoms with Gasteiger partial charge in [-0.15, -0.1) is 0 Å². The number of benzene rings is 2. The number of nitrogens with one attached hydrogen (secondary N) is 1. The van der Waals surface area contributed by atoms with Crippen molar-refractivity contribution in [1.82, 2.24) is 10.2 Å². The van der Waals surface area contributed by atoms with Crippen LogP contribution < -0.4 is 5.32 Å². The Labute approximate surface area is 149 Å². The normalized spacial score (nSPS) is 20.5. The molecule has 1 heterocycles. The van der Waals surface area contributed by atoms with Crippen molar-refractivity contribution in [3.05, 3.63) is 71.8 Å². The predicted molar refractivity (Wildman–Crippen MR) is 99.5 cm³/mol. The third kappa shape index (κ3) is 4.91. The molecule has 4 heteroatoms. The van der Waals surface area contributed by atoms with Gasteiger partial charge in [-0.2, -0.15) is 0 Å². The monoisotopic (exact) mass is 338 g/mol. The number of amides is 1. The van der Waals surface area contributed by atoms with E-state index in [1.165, 1.54) is 5.56 Å². The number of aryl methyl sites for hydroxylation is 1. The molecule has 1 saturated heterocycles. The second-order valence-corrected chi connectivity index (χ2v) is 6.74. The minimum Gasteiger partial charge on any atom is -0.396 e. The van der Waals surface area contributed by atoms with Crippen molar-refractivity contribution in [3.63, 3.8) is 0 Å². The molecule has 4 nitrogen and oxygen atoms in total. The summed E-state index contributed by atoms with van der Waals surface area (Å²) in [7, 11) is 0. The minimum absolute atomic E-state index is 0.00873. The van der Waals surface area contributed by atoms with Crippen molar-refractivity contribution in [1.29, 1.82) is 0 Å². The van der Waals surface area contributed by atoms with E-state index in [1.807, 2.05) is 36.4 Å². The summed E-state index contributed by atoms with van der Waals surface area (Å²) in [5.74, 6) is 0.0413. The first-order valence-electron chi connectivity index (χ1n) is 8.99. The van der Waals surface area contributed by atoms with E-state index in [1.54, 1.807) is 0 Å². The van der Waals surface area contributed by atoms with Gasteiger partial charge in [0.15, 0.2) is 0 Å². The number of aliphatic hydroxyl groups is 1. The molecular formula is C21H26N2O2. The number of likely N-dealkylation sites (tertiary alicyclic amines) is 1. The van der Waals surface area contributed by atoms with Crippen LogP contribution in [0.4, 0.5) is 0 Å². The van der Waals surface area contributed by atoms with E-state index >= 15 is 0 Å². The van der Waals surface area contributed by atoms with Gasteiger partial charge < -0.3 is 15.3 Å². The number of rotatable bonds is 7. The SMILES string of the molecule is O=C(NC1CN(CCCc2ccccc2)CC1CO)c1ccccc1. The number of hydrogen-bond acceptors (Lipinski definition) is 3. The Kier molecular flexibility index (Phi) is 6.20. The molecule has 2 aromatic carbocycles. The molecule has 3 rings (SSSR count). The lowest BCUT2D eigenvalue weighted by atomic mass is 10.0. The van der Waals surface area contributed by atoms with Crippen molar-refractivity contribution < 1.29 is 9.90 Å². The summed E-state index contributed by atoms with van der Waals surface area (Å²) in [6, 6.07) is 19.8. The van der Waals surface area contributed by atoms with Crippen LogP contribution in [0, 0.1) is 5.92 Å². The van der Waals surface area contributed by atoms with Crippen molar-refractivity contribution in [2.24, 2.45) is 5.92 Å². The van der Waals surface area contributed by atoms with Gasteiger partial charge in [0.2, 0.25) is 0 Å². The van der Waals surface area contributed by atoms with Gasteiger partial charge in [0, 0.05) is 37.2 Å². The van der Waals surface area contributed by atoms with Gasteiger partial charge in [0.05, 0.1) is 0 Å². The number of carbonyl (C=O) groups is 1. The van der Waals surface area contributed by atoms with Crippen LogP contribution in [0.3, 0.4) is 0 Å². The molecule has 2 atom stereocenters. The lowest BCUT2D eigenvalue weighted by Crippen LogP contribution is -2.41. The molecule has 0 spiro atoms. The van der Waals surface area contributed by atoms with E-state index in [0.29, 0.717) is 5.56 Å². The molecule has 1 aliphatic heterocycles. The lowest BCUT2D eigenvalue weighted by Gasteiger charge is -2.18. The highest BCUT2D eigenvalue weighted by atomic mass is 16.3. The van der Waals surface area contributed by atoms with Crippen LogP contribution in [0.5, 0.6) is 0 Å². The summed E-state index contributed by atoms with van der Waals surface area (Å²) in [6.45, 7) is 2.74. The molecule has 2 aromatic rings. The second-order valence-electron chi connectivity index (χ2n) is 6.74. The van der Waals surface area contributed by atoms with Crippen molar-refractivity contribution in [2.75, 3.05) is 26.2 Å². The molecule has 2 N–H and O–H groups in total. The van der Waals surface area contributed by atoms with E-state index in [9.17, 15) is 9.90 Å². The zero-order valence-corrected chi connectivity index (χ0v) is 14.5. The maximum Gasteiger partial charge on any atom is 0.251 e. The summed E-state index contributed by atoms with van der Waals surface area (Å²) >= 11 is 0. The van der Waals surface area contributed by atoms with Crippen LogP contribution in [0.2, 0.25) is 0 Å². The zero-order chi connectivity index (χ0) is 17.5. The highest BCUT2D eigenvalue weighted by Gasteiger charge is 2.33. The first kappa shape index (κ1) is 17.6. The average Bonchev–Trinajstić information content (AvgIpc) is 3.05. The molecular weight excluding hydrogens is 312 g/mol. The molecule has 0 saturated carbocycles. The molecule has 1 fully saturated rings. The lowest BCUT2D eigenvalue weighted by molar-refractivity contribution is 0.0921. The van der Waals surface area contributed by atoms with Gasteiger partial charge in [-0.1, -0.05) is 48.5 Å². The number of aliphatic hydroxyl groups excluding tert-OH is 1. The number of hydrogen-bond donors (Lipinski definition) is 2. The highest BCUT2D eigenvalue weighted by molar-refractivity contribution is 5.94. The number of nitrogens with zero attached hydrogens (tertiary/aromatic N) is 1. The Balaban J connectivity index is 1.49. The van der Waals surface area contributed by atoms with Gasteiger partial charge in [-0.3, -0.25) is 4.79 Å². The maximum atomic E-state index is 12.4. The summed E-state index contributed by atoms with van der Waals surface area (Å²) in [5, 5.41) is 12.8. The topological polar surface area (TPSA) is 52.6 Å². The fraction of sp³-hybridized carbons (Fsp3) is 0.381. The van der Waals surface area contributed by atoms with E-state index in [0.717, 1.165) is 32.5 Å².